The van der Waals surface area contributed by atoms with Crippen molar-refractivity contribution in [1.82, 2.24) is 5.32 Å². The Bertz CT molecular complexity index is 470. The van der Waals surface area contributed by atoms with Gasteiger partial charge in [-0.3, -0.25) is 0 Å². The lowest BCUT2D eigenvalue weighted by atomic mass is 9.75. The molecular formula is C17H19N. The number of allylic oxidation sites excluding steroid dienone is 3. The van der Waals surface area contributed by atoms with Gasteiger partial charge in [0.2, 0.25) is 0 Å². The van der Waals surface area contributed by atoms with Crippen LogP contribution in [0.1, 0.15) is 12.0 Å². The molecule has 0 saturated heterocycles. The lowest BCUT2D eigenvalue weighted by Gasteiger charge is -2.38. The Morgan fingerprint density at radius 1 is 1.17 bits per heavy atom. The van der Waals surface area contributed by atoms with Crippen LogP contribution in [-0.4, -0.2) is 0 Å². The number of hydrogen-bond donors (Lipinski definition) is 1. The number of hydrogen-bond acceptors (Lipinski definition) is 1. The summed E-state index contributed by atoms with van der Waals surface area (Å²) in [6, 6.07) is 10.4. The predicted octanol–water partition coefficient (Wildman–Crippen LogP) is 3.93. The average molecular weight is 237 g/mol. The highest BCUT2D eigenvalue weighted by molar-refractivity contribution is 5.34. The maximum absolute atomic E-state index is 4.04. The van der Waals surface area contributed by atoms with Gasteiger partial charge in [0.1, 0.15) is 0 Å². The Hall–Kier alpha value is -2.02. The minimum Gasteiger partial charge on any atom is -0.378 e. The van der Waals surface area contributed by atoms with Crippen LogP contribution in [-0.2, 0) is 5.54 Å². The standard InChI is InChI=1S/C17H19N/c1-3-17(18-4-2,15-11-7-5-8-12-15)16-13-9-6-10-14-16/h3-13,16,18H,1-2,14H2. The van der Waals surface area contributed by atoms with Gasteiger partial charge in [0.25, 0.3) is 0 Å². The lowest BCUT2D eigenvalue weighted by Crippen LogP contribution is -2.43. The van der Waals surface area contributed by atoms with Crippen LogP contribution in [0, 0.1) is 5.92 Å². The summed E-state index contributed by atoms with van der Waals surface area (Å²) in [7, 11) is 0. The molecule has 1 aromatic rings. The molecule has 0 fully saturated rings. The van der Waals surface area contributed by atoms with Crippen LogP contribution < -0.4 is 5.32 Å². The Balaban J connectivity index is 2.45. The summed E-state index contributed by atoms with van der Waals surface area (Å²) in [5, 5.41) is 3.39. The fraction of sp³-hybridized carbons (Fsp3) is 0.176. The van der Waals surface area contributed by atoms with Crippen LogP contribution in [0.3, 0.4) is 0 Å². The molecule has 2 unspecified atom stereocenters. The molecule has 1 N–H and O–H groups in total. The minimum absolute atomic E-state index is 0.287. The van der Waals surface area contributed by atoms with Crippen molar-refractivity contribution in [1.29, 1.82) is 0 Å². The quantitative estimate of drug-likeness (QED) is 0.765. The van der Waals surface area contributed by atoms with Crippen LogP contribution in [0.2, 0.25) is 0 Å². The third-order valence-electron chi connectivity index (χ3n) is 3.48. The first kappa shape index (κ1) is 12.4. The molecule has 18 heavy (non-hydrogen) atoms. The van der Waals surface area contributed by atoms with Gasteiger partial charge in [0.05, 0.1) is 5.54 Å². The van der Waals surface area contributed by atoms with Gasteiger partial charge in [0, 0.05) is 5.92 Å². The Morgan fingerprint density at radius 3 is 2.50 bits per heavy atom. The van der Waals surface area contributed by atoms with E-state index in [1.54, 1.807) is 6.20 Å². The van der Waals surface area contributed by atoms with Crippen LogP contribution in [0.4, 0.5) is 0 Å². The second-order valence-corrected chi connectivity index (χ2v) is 4.44. The van der Waals surface area contributed by atoms with E-state index < -0.39 is 0 Å². The third-order valence-corrected chi connectivity index (χ3v) is 3.48. The zero-order chi connectivity index (χ0) is 12.8. The summed E-state index contributed by atoms with van der Waals surface area (Å²) in [5.74, 6) is 0.348. The lowest BCUT2D eigenvalue weighted by molar-refractivity contribution is 0.354. The summed E-state index contributed by atoms with van der Waals surface area (Å²) in [5.41, 5.74) is 0.925. The summed E-state index contributed by atoms with van der Waals surface area (Å²) < 4.78 is 0. The molecule has 0 spiro atoms. The molecule has 0 bridgehead atoms. The second-order valence-electron chi connectivity index (χ2n) is 4.44. The van der Waals surface area contributed by atoms with E-state index in [4.69, 9.17) is 0 Å². The van der Waals surface area contributed by atoms with E-state index >= 15 is 0 Å². The van der Waals surface area contributed by atoms with E-state index in [2.05, 4.69) is 67.0 Å². The zero-order valence-corrected chi connectivity index (χ0v) is 10.5. The van der Waals surface area contributed by atoms with Crippen molar-refractivity contribution in [3.8, 4) is 0 Å². The first-order chi connectivity index (χ1) is 8.83. The molecule has 1 aliphatic rings. The van der Waals surface area contributed by atoms with Gasteiger partial charge in [-0.15, -0.1) is 6.58 Å². The Labute approximate surface area is 109 Å². The fourth-order valence-corrected chi connectivity index (χ4v) is 2.53. The molecule has 0 aromatic heterocycles. The SMILES string of the molecule is C=CNC(C=C)(c1ccccc1)C1C=CC=CC1. The highest BCUT2D eigenvalue weighted by atomic mass is 15.0. The van der Waals surface area contributed by atoms with Gasteiger partial charge in [-0.25, -0.2) is 0 Å². The van der Waals surface area contributed by atoms with Crippen LogP contribution in [0.5, 0.6) is 0 Å². The smallest absolute Gasteiger partial charge is 0.0868 e. The number of rotatable bonds is 5. The highest BCUT2D eigenvalue weighted by Crippen LogP contribution is 2.35. The summed E-state index contributed by atoms with van der Waals surface area (Å²) in [4.78, 5) is 0. The number of nitrogens with one attached hydrogen (secondary N) is 1. The average Bonchev–Trinajstić information content (AvgIpc) is 2.47. The zero-order valence-electron chi connectivity index (χ0n) is 10.5. The first-order valence-electron chi connectivity index (χ1n) is 6.24. The molecule has 0 heterocycles. The van der Waals surface area contributed by atoms with E-state index in [9.17, 15) is 0 Å². The van der Waals surface area contributed by atoms with Crippen LogP contribution >= 0.6 is 0 Å². The van der Waals surface area contributed by atoms with Gasteiger partial charge < -0.3 is 5.32 Å². The summed E-state index contributed by atoms with van der Waals surface area (Å²) >= 11 is 0. The Kier molecular flexibility index (Phi) is 3.83. The summed E-state index contributed by atoms with van der Waals surface area (Å²) in [6.45, 7) is 7.85. The van der Waals surface area contributed by atoms with Crippen LogP contribution in [0.25, 0.3) is 0 Å². The van der Waals surface area contributed by atoms with Crippen molar-refractivity contribution in [2.75, 3.05) is 0 Å². The molecular weight excluding hydrogens is 218 g/mol. The van der Waals surface area contributed by atoms with Crippen molar-refractivity contribution in [2.45, 2.75) is 12.0 Å². The van der Waals surface area contributed by atoms with E-state index in [0.29, 0.717) is 5.92 Å². The molecule has 0 radical (unpaired) electrons. The molecule has 0 amide bonds. The molecule has 0 aliphatic heterocycles. The molecule has 0 saturated carbocycles. The van der Waals surface area contributed by atoms with Crippen molar-refractivity contribution in [3.05, 3.63) is 85.6 Å². The maximum Gasteiger partial charge on any atom is 0.0868 e. The molecule has 2 atom stereocenters. The second kappa shape index (κ2) is 5.54. The molecule has 2 rings (SSSR count). The molecule has 92 valence electrons. The van der Waals surface area contributed by atoms with Crippen molar-refractivity contribution >= 4 is 0 Å². The molecule has 1 aliphatic carbocycles. The van der Waals surface area contributed by atoms with Crippen molar-refractivity contribution in [3.63, 3.8) is 0 Å². The van der Waals surface area contributed by atoms with Gasteiger partial charge in [-0.05, 0) is 18.2 Å². The topological polar surface area (TPSA) is 12.0 Å². The van der Waals surface area contributed by atoms with Gasteiger partial charge >= 0.3 is 0 Å². The largest absolute Gasteiger partial charge is 0.378 e. The van der Waals surface area contributed by atoms with Gasteiger partial charge in [-0.1, -0.05) is 67.3 Å². The van der Waals surface area contributed by atoms with Crippen LogP contribution in [0.15, 0.2) is 80.1 Å². The van der Waals surface area contributed by atoms with E-state index in [-0.39, 0.29) is 5.54 Å². The highest BCUT2D eigenvalue weighted by Gasteiger charge is 2.35. The maximum atomic E-state index is 4.04. The first-order valence-corrected chi connectivity index (χ1v) is 6.24. The van der Waals surface area contributed by atoms with Gasteiger partial charge in [0.15, 0.2) is 0 Å². The normalized spacial score (nSPS) is 21.0. The fourth-order valence-electron chi connectivity index (χ4n) is 2.53. The van der Waals surface area contributed by atoms with Crippen molar-refractivity contribution in [2.24, 2.45) is 5.92 Å². The Morgan fingerprint density at radius 2 is 1.94 bits per heavy atom. The van der Waals surface area contributed by atoms with E-state index in [1.165, 1.54) is 5.56 Å². The van der Waals surface area contributed by atoms with E-state index in [1.807, 2.05) is 12.1 Å². The minimum atomic E-state index is -0.287. The molecule has 1 heteroatoms. The molecule has 1 nitrogen and oxygen atoms in total. The third kappa shape index (κ3) is 2.17. The number of benzene rings is 1. The monoisotopic (exact) mass is 237 g/mol. The van der Waals surface area contributed by atoms with E-state index in [0.717, 1.165) is 6.42 Å². The summed E-state index contributed by atoms with van der Waals surface area (Å²) in [6.07, 6.45) is 13.3. The molecule has 1 aromatic carbocycles. The van der Waals surface area contributed by atoms with Gasteiger partial charge in [-0.2, -0.15) is 0 Å². The van der Waals surface area contributed by atoms with Crippen molar-refractivity contribution < 1.29 is 0 Å². The predicted molar refractivity (Wildman–Crippen MR) is 78.0 cm³/mol.